The molecule has 3 nitrogen and oxygen atoms in total. The normalized spacial score (nSPS) is 15.7. The van der Waals surface area contributed by atoms with Crippen molar-refractivity contribution in [1.29, 1.82) is 0 Å². The highest BCUT2D eigenvalue weighted by atomic mass is 35.5. The predicted octanol–water partition coefficient (Wildman–Crippen LogP) is 3.55. The molecule has 0 unspecified atom stereocenters. The SMILES string of the molecule is C=C(CC1(O)C(=O)c2ccccc2C1=O)c1cccc(Cl)c1. The minimum atomic E-state index is -2.08. The lowest BCUT2D eigenvalue weighted by Crippen LogP contribution is -2.41. The van der Waals surface area contributed by atoms with E-state index in [1.807, 2.05) is 0 Å². The zero-order valence-corrected chi connectivity index (χ0v) is 12.4. The number of Topliss-reactive ketones (excluding diaryl/α,β-unsaturated/α-hetero) is 2. The Morgan fingerprint density at radius 1 is 1.05 bits per heavy atom. The van der Waals surface area contributed by atoms with E-state index in [4.69, 9.17) is 11.6 Å². The fourth-order valence-corrected chi connectivity index (χ4v) is 2.90. The smallest absolute Gasteiger partial charge is 0.203 e. The van der Waals surface area contributed by atoms with E-state index < -0.39 is 17.2 Å². The standard InChI is InChI=1S/C18H13ClO3/c1-11(12-5-4-6-13(19)9-12)10-18(22)16(20)14-7-2-3-8-15(14)17(18)21/h2-9,22H,1,10H2. The van der Waals surface area contributed by atoms with Gasteiger partial charge in [0.25, 0.3) is 0 Å². The summed E-state index contributed by atoms with van der Waals surface area (Å²) in [7, 11) is 0. The second-order valence-corrected chi connectivity index (χ2v) is 5.79. The van der Waals surface area contributed by atoms with Crippen molar-refractivity contribution in [3.8, 4) is 0 Å². The Hall–Kier alpha value is -2.23. The van der Waals surface area contributed by atoms with Gasteiger partial charge in [0.2, 0.25) is 11.6 Å². The van der Waals surface area contributed by atoms with Crippen molar-refractivity contribution in [2.24, 2.45) is 0 Å². The number of hydrogen-bond acceptors (Lipinski definition) is 3. The quantitative estimate of drug-likeness (QED) is 0.882. The van der Waals surface area contributed by atoms with Crippen molar-refractivity contribution in [2.75, 3.05) is 0 Å². The Balaban J connectivity index is 1.94. The van der Waals surface area contributed by atoms with Crippen LogP contribution >= 0.6 is 11.6 Å². The third-order valence-corrected chi connectivity index (χ3v) is 4.10. The van der Waals surface area contributed by atoms with Crippen LogP contribution in [0, 0.1) is 0 Å². The Bertz CT molecular complexity index is 772. The van der Waals surface area contributed by atoms with Crippen molar-refractivity contribution in [2.45, 2.75) is 12.0 Å². The number of fused-ring (bicyclic) bond motifs is 1. The van der Waals surface area contributed by atoms with Gasteiger partial charge in [0.05, 0.1) is 0 Å². The first-order chi connectivity index (χ1) is 10.4. The zero-order chi connectivity index (χ0) is 15.9. The summed E-state index contributed by atoms with van der Waals surface area (Å²) in [5.74, 6) is -1.15. The highest BCUT2D eigenvalue weighted by Crippen LogP contribution is 2.36. The number of benzene rings is 2. The first-order valence-corrected chi connectivity index (χ1v) is 7.16. The molecule has 0 heterocycles. The topological polar surface area (TPSA) is 54.4 Å². The van der Waals surface area contributed by atoms with Crippen LogP contribution < -0.4 is 0 Å². The van der Waals surface area contributed by atoms with E-state index in [-0.39, 0.29) is 17.5 Å². The average Bonchev–Trinajstić information content (AvgIpc) is 2.70. The van der Waals surface area contributed by atoms with E-state index in [1.165, 1.54) is 0 Å². The zero-order valence-electron chi connectivity index (χ0n) is 11.7. The largest absolute Gasteiger partial charge is 0.374 e. The van der Waals surface area contributed by atoms with Crippen LogP contribution in [0.1, 0.15) is 32.7 Å². The van der Waals surface area contributed by atoms with Crippen LogP contribution in [0.4, 0.5) is 0 Å². The molecule has 4 heteroatoms. The molecule has 2 aromatic rings. The number of aliphatic hydroxyl groups is 1. The molecule has 0 amide bonds. The van der Waals surface area contributed by atoms with Gasteiger partial charge >= 0.3 is 0 Å². The summed E-state index contributed by atoms with van der Waals surface area (Å²) in [5.41, 5.74) is -0.386. The summed E-state index contributed by atoms with van der Waals surface area (Å²) in [5, 5.41) is 11.2. The summed E-state index contributed by atoms with van der Waals surface area (Å²) >= 11 is 5.93. The van der Waals surface area contributed by atoms with Crippen molar-refractivity contribution in [3.05, 3.63) is 76.8 Å². The van der Waals surface area contributed by atoms with Crippen LogP contribution in [0.25, 0.3) is 5.57 Å². The summed E-state index contributed by atoms with van der Waals surface area (Å²) in [6, 6.07) is 13.4. The lowest BCUT2D eigenvalue weighted by atomic mass is 9.87. The molecule has 0 aromatic heterocycles. The number of carbonyl (C=O) groups is 2. The maximum Gasteiger partial charge on any atom is 0.203 e. The van der Waals surface area contributed by atoms with Gasteiger partial charge in [-0.2, -0.15) is 0 Å². The van der Waals surface area contributed by atoms with E-state index in [1.54, 1.807) is 48.5 Å². The van der Waals surface area contributed by atoms with Gasteiger partial charge in [0, 0.05) is 22.6 Å². The molecule has 0 aliphatic heterocycles. The van der Waals surface area contributed by atoms with Gasteiger partial charge in [-0.1, -0.05) is 54.6 Å². The van der Waals surface area contributed by atoms with Crippen LogP contribution in [0.2, 0.25) is 5.02 Å². The highest BCUT2D eigenvalue weighted by molar-refractivity contribution is 6.32. The van der Waals surface area contributed by atoms with Gasteiger partial charge in [0.15, 0.2) is 5.60 Å². The number of rotatable bonds is 3. The number of halogens is 1. The van der Waals surface area contributed by atoms with E-state index in [0.29, 0.717) is 16.2 Å². The van der Waals surface area contributed by atoms with Gasteiger partial charge in [-0.15, -0.1) is 0 Å². The third-order valence-electron chi connectivity index (χ3n) is 3.87. The molecule has 0 saturated heterocycles. The minimum absolute atomic E-state index is 0.153. The molecule has 1 aliphatic rings. The summed E-state index contributed by atoms with van der Waals surface area (Å²) in [6.07, 6.45) is -0.153. The van der Waals surface area contributed by atoms with Crippen LogP contribution in [0.3, 0.4) is 0 Å². The molecule has 3 rings (SSSR count). The van der Waals surface area contributed by atoms with Crippen molar-refractivity contribution >= 4 is 28.7 Å². The van der Waals surface area contributed by atoms with Crippen LogP contribution in [0.15, 0.2) is 55.1 Å². The van der Waals surface area contributed by atoms with E-state index in [0.717, 1.165) is 0 Å². The van der Waals surface area contributed by atoms with Crippen molar-refractivity contribution in [3.63, 3.8) is 0 Å². The molecule has 0 spiro atoms. The second-order valence-electron chi connectivity index (χ2n) is 5.35. The lowest BCUT2D eigenvalue weighted by Gasteiger charge is -2.20. The van der Waals surface area contributed by atoms with E-state index in [2.05, 4.69) is 6.58 Å². The molecule has 110 valence electrons. The molecule has 1 N–H and O–H groups in total. The molecule has 0 fully saturated rings. The van der Waals surface area contributed by atoms with Gasteiger partial charge in [-0.3, -0.25) is 9.59 Å². The van der Waals surface area contributed by atoms with Gasteiger partial charge in [-0.25, -0.2) is 0 Å². The lowest BCUT2D eigenvalue weighted by molar-refractivity contribution is 0.0351. The van der Waals surface area contributed by atoms with Gasteiger partial charge in [0.1, 0.15) is 0 Å². The molecule has 0 bridgehead atoms. The molecular weight excluding hydrogens is 300 g/mol. The maximum atomic E-state index is 12.4. The fraction of sp³-hybridized carbons (Fsp3) is 0.111. The number of carbonyl (C=O) groups excluding carboxylic acids is 2. The summed E-state index contributed by atoms with van der Waals surface area (Å²) < 4.78 is 0. The highest BCUT2D eigenvalue weighted by Gasteiger charge is 2.51. The predicted molar refractivity (Wildman–Crippen MR) is 85.2 cm³/mol. The Labute approximate surface area is 132 Å². The van der Waals surface area contributed by atoms with Gasteiger partial charge in [-0.05, 0) is 23.3 Å². The third kappa shape index (κ3) is 2.19. The summed E-state index contributed by atoms with van der Waals surface area (Å²) in [4.78, 5) is 24.8. The molecule has 2 aromatic carbocycles. The molecule has 1 aliphatic carbocycles. The Morgan fingerprint density at radius 2 is 1.64 bits per heavy atom. The van der Waals surface area contributed by atoms with Crippen LogP contribution in [-0.2, 0) is 0 Å². The average molecular weight is 313 g/mol. The number of hydrogen-bond donors (Lipinski definition) is 1. The first kappa shape index (κ1) is 14.7. The Morgan fingerprint density at radius 3 is 2.18 bits per heavy atom. The van der Waals surface area contributed by atoms with Crippen molar-refractivity contribution in [1.82, 2.24) is 0 Å². The fourth-order valence-electron chi connectivity index (χ4n) is 2.71. The van der Waals surface area contributed by atoms with Crippen LogP contribution in [-0.4, -0.2) is 22.3 Å². The monoisotopic (exact) mass is 312 g/mol. The molecule has 0 radical (unpaired) electrons. The first-order valence-electron chi connectivity index (χ1n) is 6.78. The van der Waals surface area contributed by atoms with E-state index >= 15 is 0 Å². The summed E-state index contributed by atoms with van der Waals surface area (Å²) in [6.45, 7) is 3.88. The molecule has 22 heavy (non-hydrogen) atoms. The molecule has 0 saturated carbocycles. The molecule has 0 atom stereocenters. The minimum Gasteiger partial charge on any atom is -0.374 e. The van der Waals surface area contributed by atoms with Crippen molar-refractivity contribution < 1.29 is 14.7 Å². The molecular formula is C18H13ClO3. The van der Waals surface area contributed by atoms with E-state index in [9.17, 15) is 14.7 Å². The van der Waals surface area contributed by atoms with Crippen LogP contribution in [0.5, 0.6) is 0 Å². The Kier molecular flexibility index (Phi) is 3.47. The number of ketones is 2. The maximum absolute atomic E-state index is 12.4. The van der Waals surface area contributed by atoms with Gasteiger partial charge < -0.3 is 5.11 Å². The second kappa shape index (κ2) is 5.20.